The lowest BCUT2D eigenvalue weighted by molar-refractivity contribution is 0.189. The number of benzene rings is 1. The van der Waals surface area contributed by atoms with Crippen molar-refractivity contribution in [3.63, 3.8) is 0 Å². The molecule has 1 aromatic carbocycles. The SMILES string of the molecule is NC(COc1cccc(Br)c1)C1CCC1. The largest absolute Gasteiger partial charge is 0.492 e. The van der Waals surface area contributed by atoms with Gasteiger partial charge < -0.3 is 10.5 Å². The summed E-state index contributed by atoms with van der Waals surface area (Å²) < 4.78 is 6.69. The maximum absolute atomic E-state index is 6.03. The predicted molar refractivity (Wildman–Crippen MR) is 65.0 cm³/mol. The first kappa shape index (κ1) is 11.0. The molecule has 2 nitrogen and oxygen atoms in total. The number of nitrogens with two attached hydrogens (primary N) is 1. The zero-order valence-corrected chi connectivity index (χ0v) is 10.2. The first-order chi connectivity index (χ1) is 7.25. The maximum Gasteiger partial charge on any atom is 0.120 e. The molecular formula is C12H16BrNO. The molecule has 0 spiro atoms. The van der Waals surface area contributed by atoms with Crippen molar-refractivity contribution >= 4 is 15.9 Å². The van der Waals surface area contributed by atoms with Crippen LogP contribution in [0.5, 0.6) is 5.75 Å². The minimum atomic E-state index is 0.192. The van der Waals surface area contributed by atoms with Gasteiger partial charge in [-0.1, -0.05) is 28.4 Å². The molecule has 0 bridgehead atoms. The Morgan fingerprint density at radius 3 is 2.87 bits per heavy atom. The summed E-state index contributed by atoms with van der Waals surface area (Å²) >= 11 is 3.41. The van der Waals surface area contributed by atoms with E-state index in [1.54, 1.807) is 0 Å². The summed E-state index contributed by atoms with van der Waals surface area (Å²) in [5.41, 5.74) is 6.03. The molecular weight excluding hydrogens is 254 g/mol. The van der Waals surface area contributed by atoms with Crippen molar-refractivity contribution in [1.29, 1.82) is 0 Å². The second-order valence-corrected chi connectivity index (χ2v) is 5.04. The molecule has 0 saturated heterocycles. The first-order valence-electron chi connectivity index (χ1n) is 5.39. The molecule has 1 aliphatic carbocycles. The standard InChI is InChI=1S/C12H16BrNO/c13-10-5-2-6-11(7-10)15-8-12(14)9-3-1-4-9/h2,5-7,9,12H,1,3-4,8,14H2. The Morgan fingerprint density at radius 1 is 1.47 bits per heavy atom. The van der Waals surface area contributed by atoms with E-state index in [0.29, 0.717) is 12.5 Å². The van der Waals surface area contributed by atoms with Crippen molar-refractivity contribution in [1.82, 2.24) is 0 Å². The van der Waals surface area contributed by atoms with Crippen molar-refractivity contribution < 1.29 is 4.74 Å². The lowest BCUT2D eigenvalue weighted by atomic mass is 9.80. The third-order valence-corrected chi connectivity index (χ3v) is 3.49. The topological polar surface area (TPSA) is 35.2 Å². The summed E-state index contributed by atoms with van der Waals surface area (Å²) in [6.45, 7) is 0.626. The molecule has 1 aromatic rings. The lowest BCUT2D eigenvalue weighted by Gasteiger charge is -2.30. The molecule has 2 N–H and O–H groups in total. The second kappa shape index (κ2) is 4.99. The molecule has 0 heterocycles. The van der Waals surface area contributed by atoms with E-state index in [4.69, 9.17) is 10.5 Å². The Kier molecular flexibility index (Phi) is 3.65. The number of hydrogen-bond acceptors (Lipinski definition) is 2. The van der Waals surface area contributed by atoms with Crippen molar-refractivity contribution in [3.8, 4) is 5.75 Å². The average Bonchev–Trinajstić information content (AvgIpc) is 2.12. The van der Waals surface area contributed by atoms with Gasteiger partial charge in [-0.25, -0.2) is 0 Å². The van der Waals surface area contributed by atoms with Crippen LogP contribution in [0.3, 0.4) is 0 Å². The van der Waals surface area contributed by atoms with E-state index in [9.17, 15) is 0 Å². The van der Waals surface area contributed by atoms with Crippen molar-refractivity contribution in [3.05, 3.63) is 28.7 Å². The van der Waals surface area contributed by atoms with Crippen LogP contribution in [0.15, 0.2) is 28.7 Å². The molecule has 1 unspecified atom stereocenters. The van der Waals surface area contributed by atoms with Crippen LogP contribution in [0, 0.1) is 5.92 Å². The Hall–Kier alpha value is -0.540. The van der Waals surface area contributed by atoms with E-state index in [2.05, 4.69) is 15.9 Å². The lowest BCUT2D eigenvalue weighted by Crippen LogP contribution is -2.39. The minimum absolute atomic E-state index is 0.192. The van der Waals surface area contributed by atoms with Gasteiger partial charge in [-0.15, -0.1) is 0 Å². The fourth-order valence-electron chi connectivity index (χ4n) is 1.75. The third-order valence-electron chi connectivity index (χ3n) is 2.99. The van der Waals surface area contributed by atoms with Gasteiger partial charge in [0.25, 0.3) is 0 Å². The first-order valence-corrected chi connectivity index (χ1v) is 6.19. The number of rotatable bonds is 4. The number of ether oxygens (including phenoxy) is 1. The van der Waals surface area contributed by atoms with E-state index in [1.807, 2.05) is 24.3 Å². The Balaban J connectivity index is 1.81. The Morgan fingerprint density at radius 2 is 2.27 bits per heavy atom. The maximum atomic E-state index is 6.03. The Labute approximate surface area is 98.9 Å². The Bertz CT molecular complexity index is 325. The van der Waals surface area contributed by atoms with Gasteiger partial charge in [-0.2, -0.15) is 0 Å². The molecule has 1 saturated carbocycles. The van der Waals surface area contributed by atoms with E-state index < -0.39 is 0 Å². The van der Waals surface area contributed by atoms with E-state index in [-0.39, 0.29) is 6.04 Å². The molecule has 0 aliphatic heterocycles. The summed E-state index contributed by atoms with van der Waals surface area (Å²) in [6.07, 6.45) is 3.86. The van der Waals surface area contributed by atoms with Crippen LogP contribution >= 0.6 is 15.9 Å². The second-order valence-electron chi connectivity index (χ2n) is 4.12. The van der Waals surface area contributed by atoms with E-state index in [1.165, 1.54) is 19.3 Å². The number of hydrogen-bond donors (Lipinski definition) is 1. The van der Waals surface area contributed by atoms with Gasteiger partial charge in [0.1, 0.15) is 12.4 Å². The highest BCUT2D eigenvalue weighted by Crippen LogP contribution is 2.29. The molecule has 0 aromatic heterocycles. The van der Waals surface area contributed by atoms with Crippen LogP contribution in [0.25, 0.3) is 0 Å². The summed E-state index contributed by atoms with van der Waals surface area (Å²) in [7, 11) is 0. The fourth-order valence-corrected chi connectivity index (χ4v) is 2.13. The van der Waals surface area contributed by atoms with Crippen LogP contribution < -0.4 is 10.5 Å². The van der Waals surface area contributed by atoms with Gasteiger partial charge in [-0.3, -0.25) is 0 Å². The smallest absolute Gasteiger partial charge is 0.120 e. The highest BCUT2D eigenvalue weighted by atomic mass is 79.9. The van der Waals surface area contributed by atoms with Crippen molar-refractivity contribution in [2.75, 3.05) is 6.61 Å². The fraction of sp³-hybridized carbons (Fsp3) is 0.500. The summed E-state index contributed by atoms with van der Waals surface area (Å²) in [5.74, 6) is 1.57. The predicted octanol–water partition coefficient (Wildman–Crippen LogP) is 2.96. The molecule has 15 heavy (non-hydrogen) atoms. The van der Waals surface area contributed by atoms with Crippen molar-refractivity contribution in [2.45, 2.75) is 25.3 Å². The quantitative estimate of drug-likeness (QED) is 0.912. The van der Waals surface area contributed by atoms with Crippen LogP contribution in [-0.2, 0) is 0 Å². The normalized spacial score (nSPS) is 18.3. The number of halogens is 1. The van der Waals surface area contributed by atoms with E-state index >= 15 is 0 Å². The van der Waals surface area contributed by atoms with Gasteiger partial charge in [0, 0.05) is 10.5 Å². The highest BCUT2D eigenvalue weighted by molar-refractivity contribution is 9.10. The zero-order valence-electron chi connectivity index (χ0n) is 8.66. The van der Waals surface area contributed by atoms with Gasteiger partial charge in [0.05, 0.1) is 0 Å². The molecule has 3 heteroatoms. The summed E-state index contributed by atoms with van der Waals surface area (Å²) in [5, 5.41) is 0. The van der Waals surface area contributed by atoms with Crippen LogP contribution in [0.4, 0.5) is 0 Å². The van der Waals surface area contributed by atoms with Crippen LogP contribution in [0.2, 0.25) is 0 Å². The van der Waals surface area contributed by atoms with Crippen molar-refractivity contribution in [2.24, 2.45) is 11.7 Å². The van der Waals surface area contributed by atoms with Gasteiger partial charge >= 0.3 is 0 Å². The molecule has 2 rings (SSSR count). The summed E-state index contributed by atoms with van der Waals surface area (Å²) in [4.78, 5) is 0. The molecule has 0 amide bonds. The molecule has 82 valence electrons. The monoisotopic (exact) mass is 269 g/mol. The van der Waals surface area contributed by atoms with Gasteiger partial charge in [0.15, 0.2) is 0 Å². The molecule has 1 fully saturated rings. The van der Waals surface area contributed by atoms with Crippen LogP contribution in [0.1, 0.15) is 19.3 Å². The zero-order chi connectivity index (χ0) is 10.7. The van der Waals surface area contributed by atoms with E-state index in [0.717, 1.165) is 10.2 Å². The molecule has 1 atom stereocenters. The average molecular weight is 270 g/mol. The minimum Gasteiger partial charge on any atom is -0.492 e. The molecule has 0 radical (unpaired) electrons. The molecule has 1 aliphatic rings. The van der Waals surface area contributed by atoms with Gasteiger partial charge in [0.2, 0.25) is 0 Å². The highest BCUT2D eigenvalue weighted by Gasteiger charge is 2.24. The third kappa shape index (κ3) is 2.95. The van der Waals surface area contributed by atoms with Crippen LogP contribution in [-0.4, -0.2) is 12.6 Å². The summed E-state index contributed by atoms with van der Waals surface area (Å²) in [6, 6.07) is 8.07. The van der Waals surface area contributed by atoms with Gasteiger partial charge in [-0.05, 0) is 37.0 Å².